The molecule has 1 fully saturated rings. The van der Waals surface area contributed by atoms with E-state index in [-0.39, 0.29) is 18.1 Å². The third kappa shape index (κ3) is 3.50. The molecule has 2 heterocycles. The smallest absolute Gasteiger partial charge is 0.312 e. The van der Waals surface area contributed by atoms with Crippen molar-refractivity contribution >= 4 is 28.9 Å². The lowest BCUT2D eigenvalue weighted by Gasteiger charge is -2.36. The van der Waals surface area contributed by atoms with E-state index in [2.05, 4.69) is 10.00 Å². The fourth-order valence-electron chi connectivity index (χ4n) is 3.24. The molecule has 1 aromatic carbocycles. The number of aryl methyl sites for hydroxylation is 1. The Bertz CT molecular complexity index is 843. The number of carbonyl (C=O) groups excluding carboxylic acids is 1. The average Bonchev–Trinajstić information content (AvgIpc) is 2.89. The first-order chi connectivity index (χ1) is 12.4. The average molecular weight is 378 g/mol. The second-order valence-electron chi connectivity index (χ2n) is 6.25. The summed E-state index contributed by atoms with van der Waals surface area (Å²) >= 11 is 6.24. The van der Waals surface area contributed by atoms with E-state index in [0.717, 1.165) is 5.69 Å². The molecule has 2 aromatic rings. The Balaban J connectivity index is 1.64. The highest BCUT2D eigenvalue weighted by Crippen LogP contribution is 2.26. The molecular weight excluding hydrogens is 358 g/mol. The van der Waals surface area contributed by atoms with Gasteiger partial charge in [0.2, 0.25) is 5.91 Å². The van der Waals surface area contributed by atoms with E-state index in [0.29, 0.717) is 42.6 Å². The van der Waals surface area contributed by atoms with Crippen molar-refractivity contribution < 1.29 is 9.72 Å². The van der Waals surface area contributed by atoms with Crippen LogP contribution in [0.5, 0.6) is 0 Å². The number of para-hydroxylation sites is 1. The van der Waals surface area contributed by atoms with Crippen LogP contribution in [0.3, 0.4) is 0 Å². The van der Waals surface area contributed by atoms with Crippen molar-refractivity contribution in [2.45, 2.75) is 20.4 Å². The number of halogens is 1. The van der Waals surface area contributed by atoms with Gasteiger partial charge >= 0.3 is 5.69 Å². The number of rotatable bonds is 4. The zero-order chi connectivity index (χ0) is 18.8. The van der Waals surface area contributed by atoms with E-state index >= 15 is 0 Å². The van der Waals surface area contributed by atoms with Gasteiger partial charge in [-0.05, 0) is 26.0 Å². The molecule has 1 amide bonds. The summed E-state index contributed by atoms with van der Waals surface area (Å²) in [5.41, 5.74) is 1.66. The summed E-state index contributed by atoms with van der Waals surface area (Å²) in [4.78, 5) is 27.1. The maximum absolute atomic E-state index is 12.6. The van der Waals surface area contributed by atoms with Gasteiger partial charge in [-0.2, -0.15) is 5.10 Å². The number of benzene rings is 1. The molecule has 1 aliphatic heterocycles. The van der Waals surface area contributed by atoms with Gasteiger partial charge in [0.25, 0.3) is 0 Å². The maximum Gasteiger partial charge on any atom is 0.312 e. The summed E-state index contributed by atoms with van der Waals surface area (Å²) in [5, 5.41) is 15.9. The molecule has 0 saturated carbocycles. The van der Waals surface area contributed by atoms with Crippen molar-refractivity contribution in [2.24, 2.45) is 0 Å². The van der Waals surface area contributed by atoms with Gasteiger partial charge in [-0.25, -0.2) is 0 Å². The Labute approximate surface area is 156 Å². The van der Waals surface area contributed by atoms with Crippen molar-refractivity contribution in [1.29, 1.82) is 0 Å². The van der Waals surface area contributed by atoms with Crippen molar-refractivity contribution in [3.05, 3.63) is 50.8 Å². The molecule has 0 N–H and O–H groups in total. The van der Waals surface area contributed by atoms with Gasteiger partial charge in [0, 0.05) is 26.2 Å². The van der Waals surface area contributed by atoms with Gasteiger partial charge in [0.15, 0.2) is 0 Å². The summed E-state index contributed by atoms with van der Waals surface area (Å²) in [7, 11) is 0. The van der Waals surface area contributed by atoms with E-state index in [1.165, 1.54) is 4.68 Å². The van der Waals surface area contributed by atoms with Crippen LogP contribution in [0.25, 0.3) is 0 Å². The Kier molecular flexibility index (Phi) is 5.13. The maximum atomic E-state index is 12.6. The van der Waals surface area contributed by atoms with Crippen LogP contribution in [-0.2, 0) is 11.3 Å². The highest BCUT2D eigenvalue weighted by atomic mass is 35.5. The van der Waals surface area contributed by atoms with E-state index in [1.807, 2.05) is 24.3 Å². The van der Waals surface area contributed by atoms with Crippen LogP contribution in [-0.4, -0.2) is 51.7 Å². The second-order valence-corrected chi connectivity index (χ2v) is 6.66. The van der Waals surface area contributed by atoms with Crippen molar-refractivity contribution in [1.82, 2.24) is 14.7 Å². The van der Waals surface area contributed by atoms with Gasteiger partial charge in [-0.15, -0.1) is 0 Å². The number of hydrogen-bond donors (Lipinski definition) is 0. The molecule has 1 saturated heterocycles. The van der Waals surface area contributed by atoms with E-state index < -0.39 is 4.92 Å². The highest BCUT2D eigenvalue weighted by molar-refractivity contribution is 6.33. The normalized spacial score (nSPS) is 14.6. The second kappa shape index (κ2) is 7.33. The monoisotopic (exact) mass is 377 g/mol. The number of nitro groups is 1. The largest absolute Gasteiger partial charge is 0.367 e. The third-order valence-electron chi connectivity index (χ3n) is 4.64. The van der Waals surface area contributed by atoms with Gasteiger partial charge in [-0.1, -0.05) is 23.7 Å². The molecule has 26 heavy (non-hydrogen) atoms. The van der Waals surface area contributed by atoms with E-state index in [9.17, 15) is 14.9 Å². The summed E-state index contributed by atoms with van der Waals surface area (Å²) in [5.74, 6) is -0.0932. The van der Waals surface area contributed by atoms with Crippen LogP contribution in [0, 0.1) is 24.0 Å². The molecule has 1 aliphatic rings. The molecule has 138 valence electrons. The Morgan fingerprint density at radius 2 is 1.88 bits per heavy atom. The van der Waals surface area contributed by atoms with Crippen molar-refractivity contribution in [3.63, 3.8) is 0 Å². The Morgan fingerprint density at radius 1 is 1.23 bits per heavy atom. The summed E-state index contributed by atoms with van der Waals surface area (Å²) in [6, 6.07) is 7.65. The lowest BCUT2D eigenvalue weighted by molar-refractivity contribution is -0.386. The zero-order valence-corrected chi connectivity index (χ0v) is 15.4. The zero-order valence-electron chi connectivity index (χ0n) is 14.7. The minimum Gasteiger partial charge on any atom is -0.367 e. The van der Waals surface area contributed by atoms with Crippen LogP contribution < -0.4 is 4.90 Å². The quantitative estimate of drug-likeness (QED) is 0.603. The molecule has 0 radical (unpaired) electrons. The predicted octanol–water partition coefficient (Wildman–Crippen LogP) is 2.41. The fraction of sp³-hybridized carbons (Fsp3) is 0.412. The van der Waals surface area contributed by atoms with Crippen LogP contribution in [0.2, 0.25) is 5.02 Å². The highest BCUT2D eigenvalue weighted by Gasteiger charge is 2.26. The molecule has 0 spiro atoms. The first-order valence-corrected chi connectivity index (χ1v) is 8.72. The van der Waals surface area contributed by atoms with E-state index in [1.54, 1.807) is 18.7 Å². The number of anilines is 1. The van der Waals surface area contributed by atoms with Crippen LogP contribution >= 0.6 is 11.6 Å². The molecule has 1 aromatic heterocycles. The lowest BCUT2D eigenvalue weighted by atomic mass is 10.2. The first kappa shape index (κ1) is 18.2. The number of amides is 1. The summed E-state index contributed by atoms with van der Waals surface area (Å²) in [6.45, 7) is 5.72. The van der Waals surface area contributed by atoms with Crippen molar-refractivity contribution in [2.75, 3.05) is 31.1 Å². The summed E-state index contributed by atoms with van der Waals surface area (Å²) in [6.07, 6.45) is 0. The molecular formula is C17H20ClN5O3. The number of carbonyl (C=O) groups is 1. The Morgan fingerprint density at radius 3 is 2.46 bits per heavy atom. The number of piperazine rings is 1. The van der Waals surface area contributed by atoms with Gasteiger partial charge in [0.05, 0.1) is 15.6 Å². The number of nitrogens with zero attached hydrogens (tertiary/aromatic N) is 5. The predicted molar refractivity (Wildman–Crippen MR) is 98.6 cm³/mol. The van der Waals surface area contributed by atoms with Gasteiger partial charge in [-0.3, -0.25) is 19.6 Å². The molecule has 0 unspecified atom stereocenters. The van der Waals surface area contributed by atoms with E-state index in [4.69, 9.17) is 11.6 Å². The topological polar surface area (TPSA) is 84.5 Å². The van der Waals surface area contributed by atoms with Crippen LogP contribution in [0.1, 0.15) is 11.4 Å². The molecule has 0 atom stereocenters. The third-order valence-corrected chi connectivity index (χ3v) is 4.96. The van der Waals surface area contributed by atoms with Crippen molar-refractivity contribution in [3.8, 4) is 0 Å². The molecule has 0 aliphatic carbocycles. The molecule has 9 heteroatoms. The fourth-order valence-corrected chi connectivity index (χ4v) is 3.49. The SMILES string of the molecule is Cc1nn(CC(=O)N2CCN(c3ccccc3Cl)CC2)c(C)c1[N+](=O)[O-]. The number of hydrogen-bond acceptors (Lipinski definition) is 5. The number of aromatic nitrogens is 2. The van der Waals surface area contributed by atoms with Crippen LogP contribution in [0.4, 0.5) is 11.4 Å². The van der Waals surface area contributed by atoms with Gasteiger partial charge in [0.1, 0.15) is 17.9 Å². The minimum absolute atomic E-state index is 0.00655. The first-order valence-electron chi connectivity index (χ1n) is 8.34. The van der Waals surface area contributed by atoms with Crippen LogP contribution in [0.15, 0.2) is 24.3 Å². The standard InChI is InChI=1S/C17H20ClN5O3/c1-12-17(23(25)26)13(2)22(19-12)11-16(24)21-9-7-20(8-10-21)15-6-4-3-5-14(15)18/h3-6H,7-11H2,1-2H3. The molecule has 3 rings (SSSR count). The summed E-state index contributed by atoms with van der Waals surface area (Å²) < 4.78 is 1.41. The molecule has 0 bridgehead atoms. The molecule has 8 nitrogen and oxygen atoms in total. The van der Waals surface area contributed by atoms with Gasteiger partial charge < -0.3 is 9.80 Å². The lowest BCUT2D eigenvalue weighted by Crippen LogP contribution is -2.49. The minimum atomic E-state index is -0.457. The Hall–Kier alpha value is -2.61.